The Bertz CT molecular complexity index is 521. The number of benzene rings is 1. The van der Waals surface area contributed by atoms with E-state index in [-0.39, 0.29) is 23.4 Å². The molecule has 0 aliphatic carbocycles. The molecule has 1 aliphatic heterocycles. The van der Waals surface area contributed by atoms with E-state index in [0.717, 1.165) is 0 Å². The van der Waals surface area contributed by atoms with Gasteiger partial charge in [-0.1, -0.05) is 17.7 Å². The fourth-order valence-corrected chi connectivity index (χ4v) is 2.28. The van der Waals surface area contributed by atoms with Crippen LogP contribution in [-0.4, -0.2) is 29.8 Å². The van der Waals surface area contributed by atoms with Gasteiger partial charge in [-0.25, -0.2) is 4.39 Å². The summed E-state index contributed by atoms with van der Waals surface area (Å²) in [6, 6.07) is 3.61. The summed E-state index contributed by atoms with van der Waals surface area (Å²) in [5.41, 5.74) is 0.670. The number of nitrogens with zero attached hydrogens (tertiary/aromatic N) is 1. The second kappa shape index (κ2) is 5.57. The van der Waals surface area contributed by atoms with E-state index in [1.54, 1.807) is 13.1 Å². The summed E-state index contributed by atoms with van der Waals surface area (Å²) in [5, 5.41) is 2.91. The van der Waals surface area contributed by atoms with E-state index in [9.17, 15) is 14.0 Å². The normalized spacial score (nSPS) is 18.3. The lowest BCUT2D eigenvalue weighted by Gasteiger charge is -2.21. The Balaban J connectivity index is 2.02. The van der Waals surface area contributed by atoms with E-state index in [1.807, 2.05) is 0 Å². The molecule has 1 N–H and O–H groups in total. The fraction of sp³-hybridized carbons (Fsp3) is 0.385. The van der Waals surface area contributed by atoms with Gasteiger partial charge >= 0.3 is 0 Å². The number of hydrogen-bond acceptors (Lipinski definition) is 2. The molecule has 2 rings (SSSR count). The monoisotopic (exact) mass is 284 g/mol. The number of likely N-dealkylation sites (N-methyl/N-ethyl adjacent to an activating group) is 1. The van der Waals surface area contributed by atoms with Gasteiger partial charge in [-0.3, -0.25) is 9.59 Å². The summed E-state index contributed by atoms with van der Waals surface area (Å²) in [6.07, 6.45) is 0.890. The van der Waals surface area contributed by atoms with E-state index in [4.69, 9.17) is 11.6 Å². The van der Waals surface area contributed by atoms with Gasteiger partial charge in [-0.2, -0.15) is 0 Å². The zero-order chi connectivity index (χ0) is 14.0. The quantitative estimate of drug-likeness (QED) is 0.919. The maximum Gasteiger partial charge on any atom is 0.245 e. The van der Waals surface area contributed by atoms with Crippen molar-refractivity contribution < 1.29 is 14.0 Å². The van der Waals surface area contributed by atoms with Gasteiger partial charge in [-0.05, 0) is 24.1 Å². The molecular formula is C13H14ClFN2O2. The summed E-state index contributed by atoms with van der Waals surface area (Å²) in [4.78, 5) is 24.6. The largest absolute Gasteiger partial charge is 0.344 e. The van der Waals surface area contributed by atoms with Crippen molar-refractivity contribution in [1.82, 2.24) is 10.2 Å². The molecule has 1 heterocycles. The van der Waals surface area contributed by atoms with Crippen LogP contribution in [0.3, 0.4) is 0 Å². The third-order valence-electron chi connectivity index (χ3n) is 3.09. The summed E-state index contributed by atoms with van der Waals surface area (Å²) >= 11 is 5.91. The van der Waals surface area contributed by atoms with Crippen LogP contribution in [0.15, 0.2) is 18.2 Å². The molecule has 1 aliphatic rings. The van der Waals surface area contributed by atoms with Crippen molar-refractivity contribution in [3.63, 3.8) is 0 Å². The Morgan fingerprint density at radius 1 is 1.58 bits per heavy atom. The first kappa shape index (κ1) is 13.8. The predicted molar refractivity (Wildman–Crippen MR) is 69.0 cm³/mol. The van der Waals surface area contributed by atoms with E-state index < -0.39 is 11.9 Å². The molecule has 1 aromatic carbocycles. The van der Waals surface area contributed by atoms with Crippen LogP contribution >= 0.6 is 11.6 Å². The first-order valence-electron chi connectivity index (χ1n) is 5.95. The Morgan fingerprint density at radius 3 is 2.89 bits per heavy atom. The molecular weight excluding hydrogens is 271 g/mol. The van der Waals surface area contributed by atoms with Crippen LogP contribution in [0, 0.1) is 5.82 Å². The molecule has 0 bridgehead atoms. The molecule has 19 heavy (non-hydrogen) atoms. The fourth-order valence-electron chi connectivity index (χ4n) is 2.05. The lowest BCUT2D eigenvalue weighted by Crippen LogP contribution is -2.42. The number of nitrogens with one attached hydrogen (secondary N) is 1. The maximum atomic E-state index is 12.9. The Kier molecular flexibility index (Phi) is 4.04. The molecule has 0 spiro atoms. The van der Waals surface area contributed by atoms with E-state index in [0.29, 0.717) is 18.4 Å². The van der Waals surface area contributed by atoms with Gasteiger partial charge < -0.3 is 10.2 Å². The Morgan fingerprint density at radius 2 is 2.32 bits per heavy atom. The minimum absolute atomic E-state index is 0.105. The number of carbonyl (C=O) groups is 2. The molecule has 102 valence electrons. The van der Waals surface area contributed by atoms with E-state index in [1.165, 1.54) is 17.0 Å². The number of halogens is 2. The van der Waals surface area contributed by atoms with Gasteiger partial charge in [-0.15, -0.1) is 0 Å². The molecule has 1 atom stereocenters. The third-order valence-corrected chi connectivity index (χ3v) is 3.44. The zero-order valence-electron chi connectivity index (χ0n) is 10.5. The van der Waals surface area contributed by atoms with Crippen molar-refractivity contribution in [3.8, 4) is 0 Å². The van der Waals surface area contributed by atoms with Gasteiger partial charge in [0.05, 0.1) is 0 Å². The highest BCUT2D eigenvalue weighted by Gasteiger charge is 2.29. The van der Waals surface area contributed by atoms with Crippen molar-refractivity contribution in [2.75, 3.05) is 7.05 Å². The molecule has 4 nitrogen and oxygen atoms in total. The van der Waals surface area contributed by atoms with Crippen molar-refractivity contribution in [2.45, 2.75) is 25.4 Å². The summed E-state index contributed by atoms with van der Waals surface area (Å²) in [5.74, 6) is -0.677. The Hall–Kier alpha value is -1.62. The molecule has 1 fully saturated rings. The van der Waals surface area contributed by atoms with Crippen LogP contribution in [0.2, 0.25) is 5.02 Å². The first-order chi connectivity index (χ1) is 8.97. The number of carbonyl (C=O) groups excluding carboxylic acids is 2. The molecule has 0 saturated carbocycles. The standard InChI is InChI=1S/C13H14ClFN2O2/c1-17(13(19)11-4-5-12(18)16-11)7-8-2-3-9(15)6-10(8)14/h2-3,6,11H,4-5,7H2,1H3,(H,16,18). The molecule has 1 saturated heterocycles. The molecule has 1 unspecified atom stereocenters. The van der Waals surface area contributed by atoms with Gasteiger partial charge in [0.1, 0.15) is 11.9 Å². The SMILES string of the molecule is CN(Cc1ccc(F)cc1Cl)C(=O)C1CCC(=O)N1. The molecule has 2 amide bonds. The van der Waals surface area contributed by atoms with E-state index >= 15 is 0 Å². The minimum Gasteiger partial charge on any atom is -0.344 e. The second-order valence-corrected chi connectivity index (χ2v) is 5.00. The molecule has 0 radical (unpaired) electrons. The predicted octanol–water partition coefficient (Wildman–Crippen LogP) is 1.72. The number of amides is 2. The molecule has 6 heteroatoms. The molecule has 0 aromatic heterocycles. The zero-order valence-corrected chi connectivity index (χ0v) is 11.2. The number of hydrogen-bond donors (Lipinski definition) is 1. The van der Waals surface area contributed by atoms with Crippen molar-refractivity contribution in [3.05, 3.63) is 34.6 Å². The van der Waals surface area contributed by atoms with Gasteiger partial charge in [0.25, 0.3) is 0 Å². The highest BCUT2D eigenvalue weighted by atomic mass is 35.5. The van der Waals surface area contributed by atoms with Gasteiger partial charge in [0.15, 0.2) is 0 Å². The van der Waals surface area contributed by atoms with Gasteiger partial charge in [0, 0.05) is 25.0 Å². The van der Waals surface area contributed by atoms with Crippen LogP contribution in [0.5, 0.6) is 0 Å². The third kappa shape index (κ3) is 3.23. The van der Waals surface area contributed by atoms with Crippen molar-refractivity contribution >= 4 is 23.4 Å². The lowest BCUT2D eigenvalue weighted by atomic mass is 10.1. The maximum absolute atomic E-state index is 12.9. The van der Waals surface area contributed by atoms with Crippen LogP contribution < -0.4 is 5.32 Å². The summed E-state index contributed by atoms with van der Waals surface area (Å²) < 4.78 is 12.9. The Labute approximate surface area is 115 Å². The van der Waals surface area contributed by atoms with Gasteiger partial charge in [0.2, 0.25) is 11.8 Å². The summed E-state index contributed by atoms with van der Waals surface area (Å²) in [6.45, 7) is 0.282. The molecule has 1 aromatic rings. The highest BCUT2D eigenvalue weighted by molar-refractivity contribution is 6.31. The van der Waals surface area contributed by atoms with E-state index in [2.05, 4.69) is 5.32 Å². The lowest BCUT2D eigenvalue weighted by molar-refractivity contribution is -0.133. The van der Waals surface area contributed by atoms with Crippen LogP contribution in [0.1, 0.15) is 18.4 Å². The number of rotatable bonds is 3. The highest BCUT2D eigenvalue weighted by Crippen LogP contribution is 2.19. The van der Waals surface area contributed by atoms with Crippen LogP contribution in [0.25, 0.3) is 0 Å². The second-order valence-electron chi connectivity index (χ2n) is 4.59. The average molecular weight is 285 g/mol. The topological polar surface area (TPSA) is 49.4 Å². The van der Waals surface area contributed by atoms with Crippen molar-refractivity contribution in [1.29, 1.82) is 0 Å². The van der Waals surface area contributed by atoms with Crippen LogP contribution in [-0.2, 0) is 16.1 Å². The summed E-state index contributed by atoms with van der Waals surface area (Å²) in [7, 11) is 1.63. The smallest absolute Gasteiger partial charge is 0.245 e. The minimum atomic E-state index is -0.461. The van der Waals surface area contributed by atoms with Crippen molar-refractivity contribution in [2.24, 2.45) is 0 Å². The first-order valence-corrected chi connectivity index (χ1v) is 6.33. The average Bonchev–Trinajstić information content (AvgIpc) is 2.78. The van der Waals surface area contributed by atoms with Crippen LogP contribution in [0.4, 0.5) is 4.39 Å².